The third-order valence-electron chi connectivity index (χ3n) is 7.91. The van der Waals surface area contributed by atoms with Gasteiger partial charge in [-0.15, -0.1) is 11.3 Å². The molecule has 0 bridgehead atoms. The van der Waals surface area contributed by atoms with Crippen LogP contribution in [0.1, 0.15) is 71.4 Å². The molecule has 0 radical (unpaired) electrons. The van der Waals surface area contributed by atoms with Gasteiger partial charge in [0.1, 0.15) is 16.5 Å². The SMILES string of the molecule is CC(C)(C)c1ccc(C(=O)N2CCN(c3nc(Cc4ccccc4)nc4sc5c(c34)CCCC5)CC2)cc1. The van der Waals surface area contributed by atoms with Crippen LogP contribution in [0.2, 0.25) is 0 Å². The van der Waals surface area contributed by atoms with E-state index in [4.69, 9.17) is 9.97 Å². The van der Waals surface area contributed by atoms with E-state index < -0.39 is 0 Å². The minimum atomic E-state index is 0.0797. The summed E-state index contributed by atoms with van der Waals surface area (Å²) in [6.07, 6.45) is 5.50. The monoisotopic (exact) mass is 524 g/mol. The van der Waals surface area contributed by atoms with E-state index in [9.17, 15) is 4.79 Å². The van der Waals surface area contributed by atoms with E-state index in [0.29, 0.717) is 13.1 Å². The van der Waals surface area contributed by atoms with Crippen LogP contribution in [0.3, 0.4) is 0 Å². The number of anilines is 1. The van der Waals surface area contributed by atoms with Crippen LogP contribution in [0.25, 0.3) is 10.2 Å². The number of benzene rings is 2. The minimum Gasteiger partial charge on any atom is -0.352 e. The van der Waals surface area contributed by atoms with E-state index >= 15 is 0 Å². The van der Waals surface area contributed by atoms with Gasteiger partial charge in [0.2, 0.25) is 0 Å². The van der Waals surface area contributed by atoms with E-state index in [1.165, 1.54) is 39.8 Å². The Balaban J connectivity index is 1.25. The maximum atomic E-state index is 13.3. The van der Waals surface area contributed by atoms with Crippen molar-refractivity contribution in [2.24, 2.45) is 0 Å². The maximum absolute atomic E-state index is 13.3. The van der Waals surface area contributed by atoms with Crippen molar-refractivity contribution in [3.63, 3.8) is 0 Å². The van der Waals surface area contributed by atoms with E-state index in [2.05, 4.69) is 62.1 Å². The van der Waals surface area contributed by atoms with Crippen molar-refractivity contribution in [1.29, 1.82) is 0 Å². The van der Waals surface area contributed by atoms with E-state index in [0.717, 1.165) is 54.4 Å². The molecule has 38 heavy (non-hydrogen) atoms. The van der Waals surface area contributed by atoms with Crippen LogP contribution >= 0.6 is 11.3 Å². The fourth-order valence-electron chi connectivity index (χ4n) is 5.68. The van der Waals surface area contributed by atoms with Gasteiger partial charge in [0.25, 0.3) is 5.91 Å². The Kier molecular flexibility index (Phi) is 6.68. The zero-order valence-electron chi connectivity index (χ0n) is 22.7. The number of nitrogens with zero attached hydrogens (tertiary/aromatic N) is 4. The van der Waals surface area contributed by atoms with E-state index in [1.54, 1.807) is 0 Å². The molecule has 3 heterocycles. The van der Waals surface area contributed by atoms with Gasteiger partial charge < -0.3 is 9.80 Å². The van der Waals surface area contributed by atoms with Gasteiger partial charge in [-0.3, -0.25) is 4.79 Å². The molecule has 2 aromatic carbocycles. The summed E-state index contributed by atoms with van der Waals surface area (Å²) < 4.78 is 0. The number of thiophene rings is 1. The van der Waals surface area contributed by atoms with Gasteiger partial charge in [0, 0.05) is 43.0 Å². The van der Waals surface area contributed by atoms with Gasteiger partial charge in [-0.2, -0.15) is 0 Å². The molecular formula is C32H36N4OS. The second-order valence-electron chi connectivity index (χ2n) is 11.6. The first-order valence-corrected chi connectivity index (χ1v) is 14.7. The summed E-state index contributed by atoms with van der Waals surface area (Å²) in [4.78, 5) is 30.6. The third-order valence-corrected chi connectivity index (χ3v) is 9.10. The van der Waals surface area contributed by atoms with E-state index in [-0.39, 0.29) is 11.3 Å². The standard InChI is InChI=1S/C32H36N4OS/c1-32(2,3)24-15-13-23(14-16-24)31(37)36-19-17-35(18-20-36)29-28-25-11-7-8-12-26(25)38-30(28)34-27(33-29)21-22-9-5-4-6-10-22/h4-6,9-10,13-16H,7-8,11-12,17-21H2,1-3H3. The Morgan fingerprint density at radius 1 is 0.895 bits per heavy atom. The first-order chi connectivity index (χ1) is 18.4. The first-order valence-electron chi connectivity index (χ1n) is 13.9. The molecule has 1 amide bonds. The summed E-state index contributed by atoms with van der Waals surface area (Å²) in [5.41, 5.74) is 4.79. The average Bonchev–Trinajstić information content (AvgIpc) is 3.31. The Bertz CT molecular complexity index is 1450. The van der Waals surface area contributed by atoms with E-state index in [1.807, 2.05) is 34.4 Å². The summed E-state index contributed by atoms with van der Waals surface area (Å²) in [7, 11) is 0. The molecule has 1 aliphatic carbocycles. The Morgan fingerprint density at radius 3 is 2.32 bits per heavy atom. The largest absolute Gasteiger partial charge is 0.352 e. The van der Waals surface area contributed by atoms with Gasteiger partial charge in [0.05, 0.1) is 5.39 Å². The lowest BCUT2D eigenvalue weighted by Crippen LogP contribution is -2.49. The van der Waals surface area contributed by atoms with Crippen molar-refractivity contribution in [1.82, 2.24) is 14.9 Å². The number of aromatic nitrogens is 2. The van der Waals surface area contributed by atoms with Crippen LogP contribution in [0.15, 0.2) is 54.6 Å². The molecular weight excluding hydrogens is 488 g/mol. The second-order valence-corrected chi connectivity index (χ2v) is 12.7. The summed E-state index contributed by atoms with van der Waals surface area (Å²) in [5.74, 6) is 2.08. The fourth-order valence-corrected chi connectivity index (χ4v) is 6.96. The van der Waals surface area contributed by atoms with Crippen LogP contribution in [0.5, 0.6) is 0 Å². The predicted octanol–water partition coefficient (Wildman–Crippen LogP) is 6.42. The lowest BCUT2D eigenvalue weighted by atomic mass is 9.86. The van der Waals surface area contributed by atoms with Gasteiger partial charge in [0.15, 0.2) is 0 Å². The van der Waals surface area contributed by atoms with Gasteiger partial charge >= 0.3 is 0 Å². The normalized spacial score (nSPS) is 16.1. The molecule has 5 nitrogen and oxygen atoms in total. The zero-order chi connectivity index (χ0) is 26.3. The van der Waals surface area contributed by atoms with Crippen LogP contribution in [0.4, 0.5) is 5.82 Å². The number of carbonyl (C=O) groups is 1. The number of rotatable bonds is 4. The highest BCUT2D eigenvalue weighted by atomic mass is 32.1. The summed E-state index contributed by atoms with van der Waals surface area (Å²) >= 11 is 1.87. The molecule has 6 rings (SSSR count). The van der Waals surface area contributed by atoms with Gasteiger partial charge in [-0.05, 0) is 59.9 Å². The first kappa shape index (κ1) is 25.1. The number of piperazine rings is 1. The van der Waals surface area contributed by atoms with Crippen molar-refractivity contribution in [3.8, 4) is 0 Å². The highest BCUT2D eigenvalue weighted by molar-refractivity contribution is 7.19. The zero-order valence-corrected chi connectivity index (χ0v) is 23.5. The van der Waals surface area contributed by atoms with Crippen LogP contribution in [-0.2, 0) is 24.7 Å². The fraction of sp³-hybridized carbons (Fsp3) is 0.406. The summed E-state index contributed by atoms with van der Waals surface area (Å²) in [6, 6.07) is 18.6. The Hall–Kier alpha value is -3.25. The van der Waals surface area contributed by atoms with Gasteiger partial charge in [-0.25, -0.2) is 9.97 Å². The summed E-state index contributed by atoms with van der Waals surface area (Å²) in [6.45, 7) is 9.56. The smallest absolute Gasteiger partial charge is 0.253 e. The lowest BCUT2D eigenvalue weighted by Gasteiger charge is -2.36. The maximum Gasteiger partial charge on any atom is 0.253 e. The Morgan fingerprint density at radius 2 is 1.61 bits per heavy atom. The molecule has 1 fully saturated rings. The predicted molar refractivity (Wildman–Crippen MR) is 157 cm³/mol. The molecule has 6 heteroatoms. The Labute approximate surface area is 229 Å². The van der Waals surface area contributed by atoms with Crippen LogP contribution < -0.4 is 4.90 Å². The molecule has 0 atom stereocenters. The molecule has 0 saturated carbocycles. The van der Waals surface area contributed by atoms with Crippen LogP contribution in [-0.4, -0.2) is 47.0 Å². The molecule has 0 unspecified atom stereocenters. The highest BCUT2D eigenvalue weighted by Crippen LogP contribution is 2.40. The number of carbonyl (C=O) groups excluding carboxylic acids is 1. The minimum absolute atomic E-state index is 0.0797. The lowest BCUT2D eigenvalue weighted by molar-refractivity contribution is 0.0746. The molecule has 0 N–H and O–H groups in total. The molecule has 0 spiro atoms. The highest BCUT2D eigenvalue weighted by Gasteiger charge is 2.28. The van der Waals surface area contributed by atoms with Crippen molar-refractivity contribution in [2.75, 3.05) is 31.1 Å². The molecule has 2 aliphatic rings. The van der Waals surface area contributed by atoms with Gasteiger partial charge in [-0.1, -0.05) is 63.2 Å². The average molecular weight is 525 g/mol. The molecule has 196 valence electrons. The van der Waals surface area contributed by atoms with Crippen molar-refractivity contribution in [2.45, 2.75) is 58.3 Å². The number of aryl methyl sites for hydroxylation is 2. The summed E-state index contributed by atoms with van der Waals surface area (Å²) in [5, 5.41) is 1.26. The number of hydrogen-bond donors (Lipinski definition) is 0. The number of fused-ring (bicyclic) bond motifs is 3. The number of amides is 1. The molecule has 1 saturated heterocycles. The molecule has 1 aliphatic heterocycles. The quantitative estimate of drug-likeness (QED) is 0.309. The molecule has 4 aromatic rings. The third kappa shape index (κ3) is 4.94. The van der Waals surface area contributed by atoms with Crippen molar-refractivity contribution < 1.29 is 4.79 Å². The van der Waals surface area contributed by atoms with Crippen molar-refractivity contribution in [3.05, 3.63) is 87.6 Å². The number of hydrogen-bond acceptors (Lipinski definition) is 5. The second kappa shape index (κ2) is 10.1. The van der Waals surface area contributed by atoms with Crippen LogP contribution in [0, 0.1) is 0 Å². The molecule has 2 aromatic heterocycles. The topological polar surface area (TPSA) is 49.3 Å². The van der Waals surface area contributed by atoms with Crippen molar-refractivity contribution >= 4 is 33.3 Å².